The van der Waals surface area contributed by atoms with Gasteiger partial charge in [0, 0.05) is 75.1 Å². The molecule has 2 saturated heterocycles. The van der Waals surface area contributed by atoms with Crippen LogP contribution in [0.5, 0.6) is 0 Å². The molecule has 0 spiro atoms. The predicted molar refractivity (Wildman–Crippen MR) is 134 cm³/mol. The molecule has 3 heterocycles. The normalized spacial score (nSPS) is 18.1. The highest BCUT2D eigenvalue weighted by atomic mass is 32.2. The maximum atomic E-state index is 12.7. The van der Waals surface area contributed by atoms with E-state index in [9.17, 15) is 31.1 Å². The van der Waals surface area contributed by atoms with Crippen LogP contribution >= 0.6 is 11.8 Å². The Morgan fingerprint density at radius 3 is 2.13 bits per heavy atom. The molecular formula is C25H29F6N5OS. The third-order valence-electron chi connectivity index (χ3n) is 6.72. The van der Waals surface area contributed by atoms with E-state index >= 15 is 0 Å². The van der Waals surface area contributed by atoms with Gasteiger partial charge in [-0.2, -0.15) is 26.3 Å². The predicted octanol–water partition coefficient (Wildman–Crippen LogP) is 5.33. The second-order valence-corrected chi connectivity index (χ2v) is 10.5. The molecule has 38 heavy (non-hydrogen) atoms. The summed E-state index contributed by atoms with van der Waals surface area (Å²) in [6.07, 6.45) is -1.65. The number of benzene rings is 1. The number of amides is 1. The van der Waals surface area contributed by atoms with Gasteiger partial charge in [-0.1, -0.05) is 0 Å². The van der Waals surface area contributed by atoms with Crippen molar-refractivity contribution in [3.05, 3.63) is 48.2 Å². The van der Waals surface area contributed by atoms with E-state index in [-0.39, 0.29) is 28.6 Å². The molecule has 0 aliphatic carbocycles. The van der Waals surface area contributed by atoms with E-state index in [1.54, 1.807) is 12.1 Å². The van der Waals surface area contributed by atoms with Gasteiger partial charge < -0.3 is 15.1 Å². The van der Waals surface area contributed by atoms with Crippen molar-refractivity contribution in [2.24, 2.45) is 0 Å². The highest BCUT2D eigenvalue weighted by Gasteiger charge is 2.31. The van der Waals surface area contributed by atoms with Crippen LogP contribution in [0.4, 0.5) is 37.8 Å². The zero-order valence-electron chi connectivity index (χ0n) is 20.6. The number of halogens is 6. The van der Waals surface area contributed by atoms with Crippen LogP contribution < -0.4 is 10.2 Å². The largest absolute Gasteiger partial charge is 0.446 e. The molecule has 13 heteroatoms. The van der Waals surface area contributed by atoms with Crippen molar-refractivity contribution in [3.63, 3.8) is 0 Å². The van der Waals surface area contributed by atoms with Gasteiger partial charge in [0.25, 0.3) is 0 Å². The molecule has 2 aromatic rings. The first kappa shape index (κ1) is 28.3. The van der Waals surface area contributed by atoms with Crippen LogP contribution in [0.2, 0.25) is 0 Å². The summed E-state index contributed by atoms with van der Waals surface area (Å²) < 4.78 is 75.6. The molecule has 2 aliphatic heterocycles. The van der Waals surface area contributed by atoms with E-state index in [4.69, 9.17) is 0 Å². The lowest BCUT2D eigenvalue weighted by Crippen LogP contribution is -2.48. The van der Waals surface area contributed by atoms with E-state index in [1.807, 2.05) is 9.80 Å². The van der Waals surface area contributed by atoms with Crippen LogP contribution in [-0.4, -0.2) is 78.1 Å². The van der Waals surface area contributed by atoms with Crippen LogP contribution in [0.3, 0.4) is 0 Å². The number of nitrogens with one attached hydrogen (secondary N) is 1. The number of thioether (sulfide) groups is 1. The maximum Gasteiger partial charge on any atom is 0.446 e. The molecule has 0 saturated carbocycles. The summed E-state index contributed by atoms with van der Waals surface area (Å²) in [7, 11) is 0. The van der Waals surface area contributed by atoms with Gasteiger partial charge in [-0.3, -0.25) is 9.69 Å². The summed E-state index contributed by atoms with van der Waals surface area (Å²) >= 11 is -0.141. The highest BCUT2D eigenvalue weighted by Crippen LogP contribution is 2.37. The second-order valence-electron chi connectivity index (χ2n) is 9.35. The lowest BCUT2D eigenvalue weighted by Gasteiger charge is -2.36. The van der Waals surface area contributed by atoms with Crippen molar-refractivity contribution in [3.8, 4) is 0 Å². The van der Waals surface area contributed by atoms with Crippen LogP contribution in [0, 0.1) is 0 Å². The molecule has 1 aromatic carbocycles. The lowest BCUT2D eigenvalue weighted by atomic mass is 10.0. The van der Waals surface area contributed by atoms with Gasteiger partial charge in [0.1, 0.15) is 5.82 Å². The average molecular weight is 562 g/mol. The number of alkyl halides is 6. The third-order valence-corrected chi connectivity index (χ3v) is 7.46. The molecule has 2 aliphatic rings. The summed E-state index contributed by atoms with van der Waals surface area (Å²) in [6, 6.07) is 8.74. The van der Waals surface area contributed by atoms with Crippen LogP contribution in [-0.2, 0) is 11.0 Å². The number of carbonyl (C=O) groups is 1. The van der Waals surface area contributed by atoms with Crippen molar-refractivity contribution < 1.29 is 31.1 Å². The molecule has 0 bridgehead atoms. The molecule has 0 atom stereocenters. The Balaban J connectivity index is 1.14. The fraction of sp³-hybridized carbons (Fsp3) is 0.520. The monoisotopic (exact) mass is 561 g/mol. The van der Waals surface area contributed by atoms with Crippen LogP contribution in [0.1, 0.15) is 24.8 Å². The maximum absolute atomic E-state index is 12.7. The van der Waals surface area contributed by atoms with Gasteiger partial charge in [0.2, 0.25) is 5.91 Å². The van der Waals surface area contributed by atoms with Crippen molar-refractivity contribution in [2.45, 2.75) is 41.9 Å². The molecule has 1 aromatic heterocycles. The topological polar surface area (TPSA) is 51.7 Å². The molecule has 1 N–H and O–H groups in total. The number of anilines is 2. The number of carbonyl (C=O) groups excluding carboxylic acids is 1. The Kier molecular flexibility index (Phi) is 8.96. The number of piperidine rings is 1. The summed E-state index contributed by atoms with van der Waals surface area (Å²) in [5.41, 5.74) is -4.32. The van der Waals surface area contributed by atoms with E-state index in [0.29, 0.717) is 58.1 Å². The minimum atomic E-state index is -4.41. The molecule has 2 fully saturated rings. The summed E-state index contributed by atoms with van der Waals surface area (Å²) in [5.74, 6) is 0.602. The summed E-state index contributed by atoms with van der Waals surface area (Å²) in [5, 5.41) is 3.34. The van der Waals surface area contributed by atoms with Gasteiger partial charge >= 0.3 is 11.7 Å². The quantitative estimate of drug-likeness (QED) is 0.365. The second kappa shape index (κ2) is 12.0. The fourth-order valence-corrected chi connectivity index (χ4v) is 5.15. The number of pyridine rings is 1. The SMILES string of the molecule is O=C(CCN1CCN(c2ccc(C(F)(F)F)cn2)CC1)N1CCC(Nc2ccc(SC(F)(F)F)cc2)CC1. The zero-order chi connectivity index (χ0) is 27.3. The van der Waals surface area contributed by atoms with Gasteiger partial charge in [-0.25, -0.2) is 4.98 Å². The third kappa shape index (κ3) is 8.16. The van der Waals surface area contributed by atoms with E-state index < -0.39 is 17.2 Å². The number of aromatic nitrogens is 1. The lowest BCUT2D eigenvalue weighted by molar-refractivity contribution is -0.137. The fourth-order valence-electron chi connectivity index (χ4n) is 4.62. The van der Waals surface area contributed by atoms with Gasteiger partial charge in [-0.05, 0) is 61.0 Å². The van der Waals surface area contributed by atoms with Gasteiger partial charge in [0.15, 0.2) is 0 Å². The Morgan fingerprint density at radius 2 is 1.58 bits per heavy atom. The van der Waals surface area contributed by atoms with Gasteiger partial charge in [0.05, 0.1) is 5.56 Å². The summed E-state index contributed by atoms with van der Waals surface area (Å²) in [6.45, 7) is 4.49. The van der Waals surface area contributed by atoms with Crippen LogP contribution in [0.15, 0.2) is 47.5 Å². The van der Waals surface area contributed by atoms with Gasteiger partial charge in [-0.15, -0.1) is 0 Å². The minimum absolute atomic E-state index is 0.0869. The van der Waals surface area contributed by atoms with Crippen molar-refractivity contribution >= 4 is 29.2 Å². The first-order valence-corrected chi connectivity index (χ1v) is 13.2. The molecule has 6 nitrogen and oxygen atoms in total. The highest BCUT2D eigenvalue weighted by molar-refractivity contribution is 8.00. The molecule has 4 rings (SSSR count). The standard InChI is InChI=1S/C25H29F6N5OS/c26-24(27,28)18-1-6-22(32-17-18)35-15-13-34(14-16-35)10-9-23(37)36-11-7-20(8-12-36)33-19-2-4-21(5-3-19)38-25(29,30)31/h1-6,17,20,33H,7-16H2. The number of nitrogens with zero attached hydrogens (tertiary/aromatic N) is 4. The Labute approximate surface area is 221 Å². The number of piperazine rings is 1. The smallest absolute Gasteiger partial charge is 0.382 e. The molecule has 0 unspecified atom stereocenters. The first-order chi connectivity index (χ1) is 18.0. The van der Waals surface area contributed by atoms with E-state index in [2.05, 4.69) is 15.2 Å². The average Bonchev–Trinajstić information content (AvgIpc) is 2.88. The van der Waals surface area contributed by atoms with Crippen molar-refractivity contribution in [1.29, 1.82) is 0 Å². The number of hydrogen-bond donors (Lipinski definition) is 1. The Bertz CT molecular complexity index is 1050. The van der Waals surface area contributed by atoms with E-state index in [1.165, 1.54) is 18.2 Å². The zero-order valence-corrected chi connectivity index (χ0v) is 21.4. The molecule has 208 valence electrons. The number of rotatable bonds is 7. The van der Waals surface area contributed by atoms with Crippen molar-refractivity contribution in [1.82, 2.24) is 14.8 Å². The number of likely N-dealkylation sites (tertiary alicyclic amines) is 1. The molecule has 0 radical (unpaired) electrons. The first-order valence-electron chi connectivity index (χ1n) is 12.4. The van der Waals surface area contributed by atoms with Crippen molar-refractivity contribution in [2.75, 3.05) is 56.0 Å². The number of hydrogen-bond acceptors (Lipinski definition) is 6. The Morgan fingerprint density at radius 1 is 0.921 bits per heavy atom. The van der Waals surface area contributed by atoms with Crippen LogP contribution in [0.25, 0.3) is 0 Å². The molecular weight excluding hydrogens is 532 g/mol. The van der Waals surface area contributed by atoms with E-state index in [0.717, 1.165) is 30.8 Å². The minimum Gasteiger partial charge on any atom is -0.382 e. The molecule has 1 amide bonds. The summed E-state index contributed by atoms with van der Waals surface area (Å²) in [4.78, 5) is 22.8. The Hall–Kier alpha value is -2.67.